The van der Waals surface area contributed by atoms with Gasteiger partial charge in [0.15, 0.2) is 11.6 Å². The van der Waals surface area contributed by atoms with E-state index >= 15 is 0 Å². The highest BCUT2D eigenvalue weighted by atomic mass is 15.2. The van der Waals surface area contributed by atoms with E-state index in [1.165, 1.54) is 22.3 Å². The Hall–Kier alpha value is -5.75. The Bertz CT molecular complexity index is 2350. The lowest BCUT2D eigenvalue weighted by Crippen LogP contribution is -2.17. The molecule has 0 radical (unpaired) electrons. The van der Waals surface area contributed by atoms with Crippen LogP contribution in [0.5, 0.6) is 0 Å². The number of hydrogen-bond acceptors (Lipinski definition) is 5. The van der Waals surface area contributed by atoms with Gasteiger partial charge in [-0.15, -0.1) is 0 Å². The molecule has 0 fully saturated rings. The predicted octanol–water partition coefficient (Wildman–Crippen LogP) is 8.55. The van der Waals surface area contributed by atoms with Gasteiger partial charge in [0.1, 0.15) is 6.33 Å². The maximum Gasteiger partial charge on any atom is 0.238 e. The minimum Gasteiger partial charge on any atom is -0.277 e. The van der Waals surface area contributed by atoms with Crippen molar-refractivity contribution >= 4 is 32.7 Å². The Labute approximate surface area is 253 Å². The van der Waals surface area contributed by atoms with Gasteiger partial charge in [0, 0.05) is 38.9 Å². The second-order valence-electron chi connectivity index (χ2n) is 11.9. The Morgan fingerprint density at radius 1 is 0.636 bits per heavy atom. The summed E-state index contributed by atoms with van der Waals surface area (Å²) in [7, 11) is 0. The molecular formula is C38H26N6. The van der Waals surface area contributed by atoms with Crippen molar-refractivity contribution in [2.75, 3.05) is 0 Å². The lowest BCUT2D eigenvalue weighted by atomic mass is 9.81. The Kier molecular flexibility index (Phi) is 5.14. The van der Waals surface area contributed by atoms with Crippen LogP contribution in [0.2, 0.25) is 0 Å². The molecule has 0 aliphatic heterocycles. The van der Waals surface area contributed by atoms with Gasteiger partial charge in [-0.25, -0.2) is 15.0 Å². The third-order valence-corrected chi connectivity index (χ3v) is 8.96. The Morgan fingerprint density at radius 3 is 2.05 bits per heavy atom. The van der Waals surface area contributed by atoms with Gasteiger partial charge < -0.3 is 0 Å². The van der Waals surface area contributed by atoms with Crippen LogP contribution in [0.1, 0.15) is 25.0 Å². The summed E-state index contributed by atoms with van der Waals surface area (Å²) in [6.07, 6.45) is 3.47. The smallest absolute Gasteiger partial charge is 0.238 e. The molecule has 9 rings (SSSR count). The molecule has 0 amide bonds. The van der Waals surface area contributed by atoms with Crippen LogP contribution in [-0.4, -0.2) is 29.5 Å². The van der Waals surface area contributed by atoms with E-state index in [9.17, 15) is 0 Å². The topological polar surface area (TPSA) is 69.4 Å². The molecule has 0 spiro atoms. The summed E-state index contributed by atoms with van der Waals surface area (Å²) in [6, 6.07) is 37.8. The van der Waals surface area contributed by atoms with E-state index in [0.29, 0.717) is 17.6 Å². The monoisotopic (exact) mass is 566 g/mol. The zero-order valence-electron chi connectivity index (χ0n) is 24.2. The molecule has 5 aromatic carbocycles. The second-order valence-corrected chi connectivity index (χ2v) is 11.9. The summed E-state index contributed by atoms with van der Waals surface area (Å²) in [4.78, 5) is 24.3. The van der Waals surface area contributed by atoms with Crippen LogP contribution in [0.3, 0.4) is 0 Å². The van der Waals surface area contributed by atoms with Gasteiger partial charge in [-0.05, 0) is 34.4 Å². The normalized spacial score (nSPS) is 13.4. The van der Waals surface area contributed by atoms with Crippen LogP contribution in [0, 0.1) is 0 Å². The third kappa shape index (κ3) is 3.51. The number of fused-ring (bicyclic) bond motifs is 8. The van der Waals surface area contributed by atoms with Gasteiger partial charge in [-0.2, -0.15) is 9.97 Å². The van der Waals surface area contributed by atoms with Gasteiger partial charge in [0.05, 0.1) is 16.6 Å². The van der Waals surface area contributed by atoms with Crippen molar-refractivity contribution < 1.29 is 0 Å². The van der Waals surface area contributed by atoms with Crippen molar-refractivity contribution in [2.24, 2.45) is 0 Å². The van der Waals surface area contributed by atoms with E-state index in [0.717, 1.165) is 43.8 Å². The van der Waals surface area contributed by atoms with Gasteiger partial charge in [0.2, 0.25) is 5.95 Å². The number of hydrogen-bond donors (Lipinski definition) is 0. The van der Waals surface area contributed by atoms with Crippen molar-refractivity contribution in [3.05, 3.63) is 133 Å². The molecule has 0 saturated carbocycles. The van der Waals surface area contributed by atoms with E-state index in [1.54, 1.807) is 6.33 Å². The summed E-state index contributed by atoms with van der Waals surface area (Å²) < 4.78 is 2.24. The highest BCUT2D eigenvalue weighted by Gasteiger charge is 2.38. The van der Waals surface area contributed by atoms with E-state index in [4.69, 9.17) is 15.0 Å². The Balaban J connectivity index is 1.46. The number of nitrogens with zero attached hydrogens (tertiary/aromatic N) is 6. The van der Waals surface area contributed by atoms with Crippen molar-refractivity contribution in [2.45, 2.75) is 19.3 Å². The summed E-state index contributed by atoms with van der Waals surface area (Å²) in [6.45, 7) is 4.64. The molecular weight excluding hydrogens is 540 g/mol. The van der Waals surface area contributed by atoms with Crippen LogP contribution >= 0.6 is 0 Å². The fraction of sp³-hybridized carbons (Fsp3) is 0.0789. The molecule has 8 aromatic rings. The van der Waals surface area contributed by atoms with Gasteiger partial charge in [0.25, 0.3) is 0 Å². The van der Waals surface area contributed by atoms with Crippen LogP contribution in [0.25, 0.3) is 72.6 Å². The summed E-state index contributed by atoms with van der Waals surface area (Å²) >= 11 is 0. The van der Waals surface area contributed by atoms with Gasteiger partial charge in [-0.3, -0.25) is 4.57 Å². The van der Waals surface area contributed by atoms with Crippen LogP contribution < -0.4 is 0 Å². The van der Waals surface area contributed by atoms with Crippen molar-refractivity contribution in [3.8, 4) is 39.9 Å². The first kappa shape index (κ1) is 24.8. The molecule has 0 saturated heterocycles. The highest BCUT2D eigenvalue weighted by Crippen LogP contribution is 2.53. The lowest BCUT2D eigenvalue weighted by Gasteiger charge is -2.23. The average molecular weight is 567 g/mol. The highest BCUT2D eigenvalue weighted by molar-refractivity contribution is 6.15. The third-order valence-electron chi connectivity index (χ3n) is 8.96. The molecule has 0 atom stereocenters. The summed E-state index contributed by atoms with van der Waals surface area (Å²) in [5, 5.41) is 3.20. The zero-order valence-corrected chi connectivity index (χ0v) is 24.2. The first-order valence-corrected chi connectivity index (χ1v) is 14.8. The standard InChI is InChI=1S/C38H26N6/c1-38(2)30-16-10-9-15-26(30)27-17-18-28-29-20-31-25(21-39-22-40-31)19-32(29)44(34(28)33(27)38)37-42-35(23-11-5-3-6-12-23)41-36(43-37)24-13-7-4-8-14-24/h3-22H,1-2H3. The first-order valence-electron chi connectivity index (χ1n) is 14.8. The van der Waals surface area contributed by atoms with Crippen molar-refractivity contribution in [3.63, 3.8) is 0 Å². The minimum absolute atomic E-state index is 0.242. The van der Waals surface area contributed by atoms with E-state index in [2.05, 4.69) is 76.9 Å². The molecule has 6 heteroatoms. The molecule has 3 heterocycles. The SMILES string of the molecule is CC1(C)c2ccccc2-c2ccc3c4cc5ncncc5cc4n(-c4nc(-c5ccccc5)nc(-c5ccccc5)n4)c3c21. The van der Waals surface area contributed by atoms with E-state index < -0.39 is 0 Å². The zero-order chi connectivity index (χ0) is 29.4. The minimum atomic E-state index is -0.242. The van der Waals surface area contributed by atoms with E-state index in [1.807, 2.05) is 66.9 Å². The maximum atomic E-state index is 5.18. The van der Waals surface area contributed by atoms with Crippen LogP contribution in [0.4, 0.5) is 0 Å². The van der Waals surface area contributed by atoms with Crippen LogP contribution in [0.15, 0.2) is 122 Å². The van der Waals surface area contributed by atoms with Crippen molar-refractivity contribution in [1.29, 1.82) is 0 Å². The molecule has 208 valence electrons. The number of aromatic nitrogens is 6. The summed E-state index contributed by atoms with van der Waals surface area (Å²) in [5.41, 5.74) is 9.75. The van der Waals surface area contributed by atoms with Gasteiger partial charge in [-0.1, -0.05) is 111 Å². The lowest BCUT2D eigenvalue weighted by molar-refractivity contribution is 0.663. The number of rotatable bonds is 3. The predicted molar refractivity (Wildman–Crippen MR) is 176 cm³/mol. The van der Waals surface area contributed by atoms with Crippen molar-refractivity contribution in [1.82, 2.24) is 29.5 Å². The second kappa shape index (κ2) is 9.12. The largest absolute Gasteiger partial charge is 0.277 e. The van der Waals surface area contributed by atoms with E-state index in [-0.39, 0.29) is 5.41 Å². The molecule has 1 aliphatic rings. The molecule has 0 bridgehead atoms. The first-order chi connectivity index (χ1) is 21.6. The quantitative estimate of drug-likeness (QED) is 0.214. The fourth-order valence-electron chi connectivity index (χ4n) is 6.94. The van der Waals surface area contributed by atoms with Crippen LogP contribution in [-0.2, 0) is 5.41 Å². The van der Waals surface area contributed by atoms with Gasteiger partial charge >= 0.3 is 0 Å². The maximum absolute atomic E-state index is 5.18. The molecule has 1 aliphatic carbocycles. The number of benzene rings is 5. The Morgan fingerprint density at radius 2 is 1.32 bits per heavy atom. The average Bonchev–Trinajstić information content (AvgIpc) is 3.52. The molecule has 0 unspecified atom stereocenters. The molecule has 44 heavy (non-hydrogen) atoms. The fourth-order valence-corrected chi connectivity index (χ4v) is 6.94. The molecule has 6 nitrogen and oxygen atoms in total. The summed E-state index contributed by atoms with van der Waals surface area (Å²) in [5.74, 6) is 1.83. The molecule has 3 aromatic heterocycles. The molecule has 0 N–H and O–H groups in total.